The van der Waals surface area contributed by atoms with Gasteiger partial charge in [-0.05, 0) is 0 Å². The number of esters is 1. The Bertz CT molecular complexity index is 888. The zero-order valence-electron chi connectivity index (χ0n) is 18.0. The maximum absolute atomic E-state index is 11.6. The number of carbonyl (C=O) groups excluding carboxylic acids is 1. The van der Waals surface area contributed by atoms with Crippen molar-refractivity contribution in [2.24, 2.45) is 0 Å². The van der Waals surface area contributed by atoms with E-state index in [0.29, 0.717) is 13.0 Å². The monoisotopic (exact) mass is 544 g/mol. The number of benzene rings is 3. The summed E-state index contributed by atoms with van der Waals surface area (Å²) in [5.41, 5.74) is 0. The summed E-state index contributed by atoms with van der Waals surface area (Å²) in [7, 11) is 0. The van der Waals surface area contributed by atoms with Crippen LogP contribution in [0.2, 0.25) is 0 Å². The molecular formula is C27H30IO2P. The van der Waals surface area contributed by atoms with Crippen molar-refractivity contribution in [1.82, 2.24) is 0 Å². The van der Waals surface area contributed by atoms with Gasteiger partial charge in [-0.25, -0.2) is 0 Å². The first-order chi connectivity index (χ1) is 15.1. The van der Waals surface area contributed by atoms with Gasteiger partial charge in [-0.2, -0.15) is 0 Å². The first-order valence-corrected chi connectivity index (χ1v) is 16.0. The van der Waals surface area contributed by atoms with Crippen molar-refractivity contribution in [2.45, 2.75) is 26.2 Å². The van der Waals surface area contributed by atoms with Gasteiger partial charge in [-0.15, -0.1) is 0 Å². The molecule has 3 aromatic carbocycles. The average molecular weight is 544 g/mol. The Labute approximate surface area is 199 Å². The number of ether oxygens (including phenoxy) is 1. The summed E-state index contributed by atoms with van der Waals surface area (Å²) < 4.78 is 2.32. The molecule has 3 aromatic rings. The molecule has 0 saturated heterocycles. The van der Waals surface area contributed by atoms with Crippen LogP contribution < -0.4 is 15.9 Å². The van der Waals surface area contributed by atoms with Crippen LogP contribution in [0.4, 0.5) is 0 Å². The fraction of sp³-hybridized carbons (Fsp3) is 0.222. The van der Waals surface area contributed by atoms with E-state index >= 15 is 0 Å². The summed E-state index contributed by atoms with van der Waals surface area (Å²) in [6.07, 6.45) is 7.48. The van der Waals surface area contributed by atoms with E-state index in [1.165, 1.54) is 15.9 Å². The molecule has 0 aromatic heterocycles. The van der Waals surface area contributed by atoms with Crippen LogP contribution >= 0.6 is 26.3 Å². The van der Waals surface area contributed by atoms with Crippen LogP contribution in [0, 0.1) is 0 Å². The van der Waals surface area contributed by atoms with E-state index in [0.717, 1.165) is 19.0 Å². The van der Waals surface area contributed by atoms with Crippen molar-refractivity contribution in [3.05, 3.63) is 103 Å². The Balaban J connectivity index is 1.98. The van der Waals surface area contributed by atoms with E-state index in [2.05, 4.69) is 125 Å². The average Bonchev–Trinajstić information content (AvgIpc) is 2.83. The van der Waals surface area contributed by atoms with Crippen molar-refractivity contribution < 1.29 is 9.53 Å². The number of allylic oxidation sites excluding steroid dienone is 2. The fourth-order valence-electron chi connectivity index (χ4n) is 4.04. The zero-order chi connectivity index (χ0) is 22.0. The molecule has 2 nitrogen and oxygen atoms in total. The number of hydrogen-bond acceptors (Lipinski definition) is 2. The molecule has 0 bridgehead atoms. The Morgan fingerprint density at radius 1 is 0.774 bits per heavy atom. The van der Waals surface area contributed by atoms with Crippen molar-refractivity contribution >= 4 is 48.2 Å². The molecule has 0 heterocycles. The Morgan fingerprint density at radius 2 is 1.19 bits per heavy atom. The summed E-state index contributed by atoms with van der Waals surface area (Å²) in [5, 5.41) is 4.18. The van der Waals surface area contributed by atoms with Gasteiger partial charge in [-0.1, -0.05) is 0 Å². The number of carbonyl (C=O) groups is 1. The van der Waals surface area contributed by atoms with Crippen LogP contribution in [0.15, 0.2) is 103 Å². The number of halogens is 1. The molecule has 162 valence electrons. The second kappa shape index (κ2) is 11.1. The molecule has 0 atom stereocenters. The zero-order valence-corrected chi connectivity index (χ0v) is 21.0. The summed E-state index contributed by atoms with van der Waals surface area (Å²) in [6.45, 7) is 2.28. The van der Waals surface area contributed by atoms with Gasteiger partial charge in [-0.3, -0.25) is 0 Å². The van der Waals surface area contributed by atoms with Gasteiger partial charge in [0, 0.05) is 0 Å². The van der Waals surface area contributed by atoms with Gasteiger partial charge in [0.05, 0.1) is 0 Å². The molecular weight excluding hydrogens is 514 g/mol. The van der Waals surface area contributed by atoms with E-state index < -0.39 is 4.25 Å². The molecule has 0 saturated carbocycles. The van der Waals surface area contributed by atoms with Gasteiger partial charge in [0.15, 0.2) is 0 Å². The minimum absolute atomic E-state index is 0.126. The van der Waals surface area contributed by atoms with E-state index in [9.17, 15) is 4.79 Å². The molecule has 0 aliphatic rings. The predicted octanol–water partition coefficient (Wildman–Crippen LogP) is 6.16. The minimum atomic E-state index is -2.70. The molecule has 3 rings (SSSR count). The molecule has 4 heteroatoms. The Kier molecular flexibility index (Phi) is 8.45. The molecule has 0 fully saturated rings. The van der Waals surface area contributed by atoms with Crippen LogP contribution in [0.5, 0.6) is 0 Å². The SMILES string of the molecule is CCOC(=O)CC/C=C\CCP(I)(c1ccccc1)(c1ccccc1)c1ccccc1. The van der Waals surface area contributed by atoms with Crippen molar-refractivity contribution in [2.75, 3.05) is 12.8 Å². The molecule has 0 amide bonds. The standard InChI is InChI=1S/C27H30IO2P/c1-2-30-27(29)22-14-3-4-15-23-31(28,24-16-8-5-9-17-24,25-18-10-6-11-19-25)26-20-12-7-13-21-26/h3-13,16-21H,2,14-15,22-23H2,1H3/b4-3-. The Morgan fingerprint density at radius 3 is 1.61 bits per heavy atom. The van der Waals surface area contributed by atoms with Gasteiger partial charge in [0.25, 0.3) is 0 Å². The third kappa shape index (κ3) is 5.27. The molecule has 0 N–H and O–H groups in total. The van der Waals surface area contributed by atoms with Crippen LogP contribution in [0.1, 0.15) is 26.2 Å². The van der Waals surface area contributed by atoms with Crippen molar-refractivity contribution in [3.63, 3.8) is 0 Å². The molecule has 0 spiro atoms. The van der Waals surface area contributed by atoms with E-state index in [4.69, 9.17) is 4.74 Å². The van der Waals surface area contributed by atoms with Crippen LogP contribution in [-0.4, -0.2) is 18.7 Å². The molecule has 0 radical (unpaired) electrons. The molecule has 31 heavy (non-hydrogen) atoms. The second-order valence-corrected chi connectivity index (χ2v) is 18.3. The maximum atomic E-state index is 11.6. The quantitative estimate of drug-likeness (QED) is 0.132. The number of rotatable bonds is 10. The van der Waals surface area contributed by atoms with E-state index in [1.807, 2.05) is 6.92 Å². The first kappa shape index (κ1) is 23.7. The van der Waals surface area contributed by atoms with Gasteiger partial charge in [0.1, 0.15) is 0 Å². The van der Waals surface area contributed by atoms with Crippen LogP contribution in [-0.2, 0) is 9.53 Å². The third-order valence-electron chi connectivity index (χ3n) is 5.59. The van der Waals surface area contributed by atoms with Crippen LogP contribution in [0.25, 0.3) is 0 Å². The first-order valence-electron chi connectivity index (χ1n) is 10.8. The molecule has 0 aliphatic heterocycles. The normalized spacial score (nSPS) is 12.9. The van der Waals surface area contributed by atoms with E-state index in [1.54, 1.807) is 0 Å². The van der Waals surface area contributed by atoms with Gasteiger partial charge >= 0.3 is 200 Å². The summed E-state index contributed by atoms with van der Waals surface area (Å²) >= 11 is 2.81. The van der Waals surface area contributed by atoms with Gasteiger partial charge in [0.2, 0.25) is 0 Å². The summed E-state index contributed by atoms with van der Waals surface area (Å²) in [5.74, 6) is -0.126. The summed E-state index contributed by atoms with van der Waals surface area (Å²) in [4.78, 5) is 11.6. The van der Waals surface area contributed by atoms with Crippen molar-refractivity contribution in [1.29, 1.82) is 0 Å². The topological polar surface area (TPSA) is 26.3 Å². The Hall–Kier alpha value is -1.97. The fourth-order valence-corrected chi connectivity index (χ4v) is 12.5. The molecule has 0 unspecified atom stereocenters. The number of hydrogen-bond donors (Lipinski definition) is 0. The van der Waals surface area contributed by atoms with Gasteiger partial charge < -0.3 is 0 Å². The third-order valence-corrected chi connectivity index (χ3v) is 17.3. The molecule has 0 aliphatic carbocycles. The van der Waals surface area contributed by atoms with Crippen molar-refractivity contribution in [3.8, 4) is 0 Å². The van der Waals surface area contributed by atoms with Crippen LogP contribution in [0.3, 0.4) is 0 Å². The predicted molar refractivity (Wildman–Crippen MR) is 144 cm³/mol. The van der Waals surface area contributed by atoms with E-state index in [-0.39, 0.29) is 5.97 Å². The summed E-state index contributed by atoms with van der Waals surface area (Å²) in [6, 6.07) is 32.9. The second-order valence-electron chi connectivity index (χ2n) is 7.52.